The first-order valence-corrected chi connectivity index (χ1v) is 11.7. The van der Waals surface area contributed by atoms with Gasteiger partial charge in [-0.25, -0.2) is 4.98 Å². The Hall–Kier alpha value is -1.67. The standard InChI is InChI=1S/C23H35N3O3S/c1-17-16-30-23(25-17)13-24-12-18-9-10-21(22(11-18)28-3)29-15-20(27)14-26(2)19-7-5-4-6-8-19/h9-11,16,19-20,24,27H,4-8,12-15H2,1-3H3. The highest BCUT2D eigenvalue weighted by molar-refractivity contribution is 7.09. The molecule has 2 N–H and O–H groups in total. The summed E-state index contributed by atoms with van der Waals surface area (Å²) in [6.45, 7) is 4.37. The van der Waals surface area contributed by atoms with E-state index in [0.29, 0.717) is 24.1 Å². The molecule has 166 valence electrons. The Morgan fingerprint density at radius 2 is 2.03 bits per heavy atom. The quantitative estimate of drug-likeness (QED) is 0.563. The molecule has 3 rings (SSSR count). The predicted molar refractivity (Wildman–Crippen MR) is 121 cm³/mol. The SMILES string of the molecule is COc1cc(CNCc2nc(C)cs2)ccc1OCC(O)CN(C)C1CCCCC1. The second kappa shape index (κ2) is 11.6. The maximum atomic E-state index is 10.4. The van der Waals surface area contributed by atoms with Gasteiger partial charge in [-0.3, -0.25) is 0 Å². The van der Waals surface area contributed by atoms with E-state index in [1.807, 2.05) is 25.1 Å². The van der Waals surface area contributed by atoms with Crippen LogP contribution in [0.2, 0.25) is 0 Å². The van der Waals surface area contributed by atoms with Crippen molar-refractivity contribution < 1.29 is 14.6 Å². The van der Waals surface area contributed by atoms with Gasteiger partial charge in [0.25, 0.3) is 0 Å². The first kappa shape index (κ1) is 23.0. The van der Waals surface area contributed by atoms with E-state index in [1.165, 1.54) is 32.1 Å². The molecule has 7 heteroatoms. The summed E-state index contributed by atoms with van der Waals surface area (Å²) in [6.07, 6.45) is 5.87. The average Bonchev–Trinajstić information content (AvgIpc) is 3.18. The van der Waals surface area contributed by atoms with E-state index in [4.69, 9.17) is 9.47 Å². The third kappa shape index (κ3) is 6.94. The van der Waals surface area contributed by atoms with Gasteiger partial charge in [-0.05, 0) is 44.5 Å². The third-order valence-corrected chi connectivity index (χ3v) is 6.59. The summed E-state index contributed by atoms with van der Waals surface area (Å²) in [6, 6.07) is 6.51. The maximum Gasteiger partial charge on any atom is 0.161 e. The van der Waals surface area contributed by atoms with E-state index >= 15 is 0 Å². The van der Waals surface area contributed by atoms with Gasteiger partial charge >= 0.3 is 0 Å². The molecule has 1 aromatic heterocycles. The lowest BCUT2D eigenvalue weighted by Crippen LogP contribution is -2.40. The number of benzene rings is 1. The number of rotatable bonds is 11. The fourth-order valence-electron chi connectivity index (χ4n) is 3.98. The Kier molecular flexibility index (Phi) is 8.93. The number of aryl methyl sites for hydroxylation is 1. The number of likely N-dealkylation sites (N-methyl/N-ethyl adjacent to an activating group) is 1. The largest absolute Gasteiger partial charge is 0.493 e. The number of ether oxygens (including phenoxy) is 2. The minimum Gasteiger partial charge on any atom is -0.493 e. The van der Waals surface area contributed by atoms with Crippen molar-refractivity contribution in [2.75, 3.05) is 27.3 Å². The molecular formula is C23H35N3O3S. The summed E-state index contributed by atoms with van der Waals surface area (Å²) < 4.78 is 11.4. The van der Waals surface area contributed by atoms with Crippen molar-refractivity contribution in [1.82, 2.24) is 15.2 Å². The smallest absolute Gasteiger partial charge is 0.161 e. The van der Waals surface area contributed by atoms with Gasteiger partial charge < -0.3 is 24.8 Å². The molecule has 1 heterocycles. The van der Waals surface area contributed by atoms with Gasteiger partial charge in [-0.15, -0.1) is 11.3 Å². The van der Waals surface area contributed by atoms with Gasteiger partial charge in [-0.1, -0.05) is 25.3 Å². The van der Waals surface area contributed by atoms with Crippen molar-refractivity contribution in [3.63, 3.8) is 0 Å². The number of nitrogens with zero attached hydrogens (tertiary/aromatic N) is 2. The van der Waals surface area contributed by atoms with Crippen LogP contribution >= 0.6 is 11.3 Å². The van der Waals surface area contributed by atoms with Crippen LogP contribution in [-0.4, -0.2) is 54.4 Å². The first-order chi connectivity index (χ1) is 14.5. The van der Waals surface area contributed by atoms with Gasteiger partial charge in [0.05, 0.1) is 7.11 Å². The molecule has 0 amide bonds. The monoisotopic (exact) mass is 433 g/mol. The van der Waals surface area contributed by atoms with Crippen LogP contribution < -0.4 is 14.8 Å². The Morgan fingerprint density at radius 3 is 2.73 bits per heavy atom. The zero-order chi connectivity index (χ0) is 21.3. The summed E-state index contributed by atoms with van der Waals surface area (Å²) in [5, 5.41) is 17.0. The highest BCUT2D eigenvalue weighted by atomic mass is 32.1. The highest BCUT2D eigenvalue weighted by Gasteiger charge is 2.20. The van der Waals surface area contributed by atoms with E-state index in [2.05, 4.69) is 27.6 Å². The number of thiazole rings is 1. The van der Waals surface area contributed by atoms with E-state index < -0.39 is 6.10 Å². The molecule has 0 spiro atoms. The van der Waals surface area contributed by atoms with Gasteiger partial charge in [0, 0.05) is 36.8 Å². The van der Waals surface area contributed by atoms with Crippen LogP contribution in [0.1, 0.15) is 48.4 Å². The van der Waals surface area contributed by atoms with Crippen LogP contribution in [0.15, 0.2) is 23.6 Å². The molecule has 1 aromatic carbocycles. The number of aliphatic hydroxyl groups is 1. The highest BCUT2D eigenvalue weighted by Crippen LogP contribution is 2.28. The molecule has 1 fully saturated rings. The molecule has 0 bridgehead atoms. The van der Waals surface area contributed by atoms with Crippen LogP contribution in [0.3, 0.4) is 0 Å². The molecule has 1 saturated carbocycles. The summed E-state index contributed by atoms with van der Waals surface area (Å²) in [5.41, 5.74) is 2.18. The molecule has 1 unspecified atom stereocenters. The fraction of sp³-hybridized carbons (Fsp3) is 0.609. The fourth-order valence-corrected chi connectivity index (χ4v) is 4.72. The number of nitrogens with one attached hydrogen (secondary N) is 1. The molecule has 0 radical (unpaired) electrons. The minimum absolute atomic E-state index is 0.258. The predicted octanol–water partition coefficient (Wildman–Crippen LogP) is 3.75. The van der Waals surface area contributed by atoms with E-state index in [-0.39, 0.29) is 6.61 Å². The normalized spacial score (nSPS) is 16.0. The molecule has 30 heavy (non-hydrogen) atoms. The number of hydrogen-bond donors (Lipinski definition) is 2. The minimum atomic E-state index is -0.523. The summed E-state index contributed by atoms with van der Waals surface area (Å²) in [4.78, 5) is 6.75. The molecule has 1 atom stereocenters. The molecule has 0 aliphatic heterocycles. The number of aliphatic hydroxyl groups excluding tert-OH is 1. The lowest BCUT2D eigenvalue weighted by Gasteiger charge is -2.32. The number of hydrogen-bond acceptors (Lipinski definition) is 7. The van der Waals surface area contributed by atoms with Crippen LogP contribution in [0, 0.1) is 6.92 Å². The number of methoxy groups -OCH3 is 1. The van der Waals surface area contributed by atoms with Crippen molar-refractivity contribution in [3.8, 4) is 11.5 Å². The van der Waals surface area contributed by atoms with Crippen molar-refractivity contribution in [1.29, 1.82) is 0 Å². The molecular weight excluding hydrogens is 398 g/mol. The van der Waals surface area contributed by atoms with Gasteiger partial charge in [0.1, 0.15) is 17.7 Å². The lowest BCUT2D eigenvalue weighted by molar-refractivity contribution is 0.0553. The van der Waals surface area contributed by atoms with Gasteiger partial charge in [0.15, 0.2) is 11.5 Å². The molecule has 0 saturated heterocycles. The van der Waals surface area contributed by atoms with Crippen molar-refractivity contribution in [2.45, 2.75) is 64.3 Å². The van der Waals surface area contributed by atoms with E-state index in [1.54, 1.807) is 18.4 Å². The van der Waals surface area contributed by atoms with Crippen molar-refractivity contribution >= 4 is 11.3 Å². The summed E-state index contributed by atoms with van der Waals surface area (Å²) >= 11 is 1.67. The van der Waals surface area contributed by atoms with Crippen LogP contribution in [0.5, 0.6) is 11.5 Å². The van der Waals surface area contributed by atoms with Gasteiger partial charge in [-0.2, -0.15) is 0 Å². The van der Waals surface area contributed by atoms with E-state index in [0.717, 1.165) is 29.4 Å². The Bertz CT molecular complexity index is 777. The molecule has 1 aliphatic rings. The average molecular weight is 434 g/mol. The van der Waals surface area contributed by atoms with Crippen LogP contribution in [0.25, 0.3) is 0 Å². The second-order valence-electron chi connectivity index (χ2n) is 8.17. The molecule has 2 aromatic rings. The van der Waals surface area contributed by atoms with Crippen molar-refractivity contribution in [3.05, 3.63) is 39.8 Å². The molecule has 6 nitrogen and oxygen atoms in total. The first-order valence-electron chi connectivity index (χ1n) is 10.8. The zero-order valence-electron chi connectivity index (χ0n) is 18.4. The zero-order valence-corrected chi connectivity index (χ0v) is 19.2. The van der Waals surface area contributed by atoms with Crippen LogP contribution in [0.4, 0.5) is 0 Å². The van der Waals surface area contributed by atoms with Crippen molar-refractivity contribution in [2.24, 2.45) is 0 Å². The Labute approximate surface area is 184 Å². The van der Waals surface area contributed by atoms with Crippen LogP contribution in [-0.2, 0) is 13.1 Å². The summed E-state index contributed by atoms with van der Waals surface area (Å²) in [7, 11) is 3.75. The third-order valence-electron chi connectivity index (χ3n) is 5.63. The topological polar surface area (TPSA) is 66.8 Å². The van der Waals surface area contributed by atoms with Gasteiger partial charge in [0.2, 0.25) is 0 Å². The summed E-state index contributed by atoms with van der Waals surface area (Å²) in [5.74, 6) is 1.35. The Morgan fingerprint density at radius 1 is 1.23 bits per heavy atom. The number of aromatic nitrogens is 1. The van der Waals surface area contributed by atoms with E-state index in [9.17, 15) is 5.11 Å². The lowest BCUT2D eigenvalue weighted by atomic mass is 9.94. The molecule has 1 aliphatic carbocycles. The maximum absolute atomic E-state index is 10.4. The second-order valence-corrected chi connectivity index (χ2v) is 9.11. The Balaban J connectivity index is 1.45.